The Morgan fingerprint density at radius 1 is 1.19 bits per heavy atom. The largest absolute Gasteiger partial charge is 0.395 e. The molecule has 0 aromatic rings. The van der Waals surface area contributed by atoms with Gasteiger partial charge < -0.3 is 15.9 Å². The topological polar surface area (TPSA) is 66.5 Å². The second kappa shape index (κ2) is 16.0. The normalized spacial score (nSPS) is 43.9. The first kappa shape index (κ1) is 3.99. The predicted octanol–water partition coefficient (Wildman–Crippen LogP) is 3.92. The minimum absolute atomic E-state index is 0.151. The second-order valence-electron chi connectivity index (χ2n) is 3.42. The van der Waals surface area contributed by atoms with Gasteiger partial charge in [-0.05, 0) is 12.7 Å². The van der Waals surface area contributed by atoms with Crippen molar-refractivity contribution in [1.29, 1.82) is 0 Å². The van der Waals surface area contributed by atoms with E-state index in [9.17, 15) is 10.2 Å². The molecule has 0 aliphatic carbocycles. The first-order valence-electron chi connectivity index (χ1n) is 18.5. The summed E-state index contributed by atoms with van der Waals surface area (Å²) in [6.45, 7) is -2.63. The Bertz CT molecular complexity index is 1110. The maximum atomic E-state index is 10.4. The highest BCUT2D eigenvalue weighted by Gasteiger charge is 2.08. The molecular formula is C18H37NO2. The van der Waals surface area contributed by atoms with Crippen molar-refractivity contribution in [3.8, 4) is 0 Å². The van der Waals surface area contributed by atoms with E-state index >= 15 is 0 Å². The van der Waals surface area contributed by atoms with Gasteiger partial charge in [-0.2, -0.15) is 0 Å². The summed E-state index contributed by atoms with van der Waals surface area (Å²) in [7, 11) is 0. The van der Waals surface area contributed by atoms with E-state index < -0.39 is 93.9 Å². The van der Waals surface area contributed by atoms with E-state index in [0.717, 1.165) is 0 Å². The van der Waals surface area contributed by atoms with Crippen LogP contribution in [-0.2, 0) is 0 Å². The van der Waals surface area contributed by atoms with Crippen LogP contribution in [0, 0.1) is 0 Å². The molecule has 0 saturated heterocycles. The third kappa shape index (κ3) is 14.3. The molecule has 3 heteroatoms. The molecule has 1 unspecified atom stereocenters. The Morgan fingerprint density at radius 3 is 2.48 bits per heavy atom. The highest BCUT2D eigenvalue weighted by molar-refractivity contribution is 4.93. The molecule has 0 aliphatic rings. The van der Waals surface area contributed by atoms with Gasteiger partial charge in [0.25, 0.3) is 0 Å². The van der Waals surface area contributed by atoms with Crippen molar-refractivity contribution in [3.63, 3.8) is 0 Å². The van der Waals surface area contributed by atoms with Crippen molar-refractivity contribution in [1.82, 2.24) is 0 Å². The van der Waals surface area contributed by atoms with Crippen LogP contribution in [0.15, 0.2) is 12.1 Å². The van der Waals surface area contributed by atoms with Gasteiger partial charge in [0.05, 0.1) is 26.9 Å². The van der Waals surface area contributed by atoms with E-state index in [1.165, 1.54) is 0 Å². The summed E-state index contributed by atoms with van der Waals surface area (Å²) in [5, 5.41) is 20.1. The molecule has 3 atom stereocenters. The molecule has 0 rings (SSSR count). The lowest BCUT2D eigenvalue weighted by Crippen LogP contribution is -2.36. The van der Waals surface area contributed by atoms with Gasteiger partial charge in [-0.25, -0.2) is 0 Å². The van der Waals surface area contributed by atoms with Crippen molar-refractivity contribution >= 4 is 0 Å². The minimum atomic E-state index is -4.75. The molecule has 0 radical (unpaired) electrons. The summed E-state index contributed by atoms with van der Waals surface area (Å²) >= 11 is 0. The summed E-state index contributed by atoms with van der Waals surface area (Å²) in [6.07, 6.45) is -41.9. The molecule has 4 N–H and O–H groups in total. The van der Waals surface area contributed by atoms with Crippen LogP contribution >= 0.6 is 0 Å². The molecular weight excluding hydrogens is 262 g/mol. The number of rotatable bonds is 16. The van der Waals surface area contributed by atoms with E-state index in [1.807, 2.05) is 0 Å². The number of allylic oxidation sites excluding steroid dienone is 1. The molecule has 0 saturated carbocycles. The van der Waals surface area contributed by atoms with Crippen molar-refractivity contribution in [2.45, 2.75) is 95.7 Å². The highest BCUT2D eigenvalue weighted by atomic mass is 16.3. The Morgan fingerprint density at radius 2 is 1.86 bits per heavy atom. The van der Waals surface area contributed by atoms with Crippen molar-refractivity contribution in [2.75, 3.05) is 6.56 Å². The zero-order valence-electron chi connectivity index (χ0n) is 36.5. The number of hydrogen-bond acceptors (Lipinski definition) is 3. The first-order valence-corrected chi connectivity index (χ1v) is 6.07. The van der Waals surface area contributed by atoms with E-state index in [2.05, 4.69) is 0 Å². The van der Waals surface area contributed by atoms with Gasteiger partial charge in [0.1, 0.15) is 2.82 Å². The predicted molar refractivity (Wildman–Crippen MR) is 91.3 cm³/mol. The third-order valence-electron chi connectivity index (χ3n) is 1.82. The molecule has 0 bridgehead atoms. The van der Waals surface area contributed by atoms with Gasteiger partial charge in [0.2, 0.25) is 0 Å². The molecule has 0 heterocycles. The van der Waals surface area contributed by atoms with Crippen LogP contribution in [0.4, 0.5) is 0 Å². The lowest BCUT2D eigenvalue weighted by Gasteiger charge is -2.11. The van der Waals surface area contributed by atoms with Gasteiger partial charge in [0.15, 0.2) is 0 Å². The summed E-state index contributed by atoms with van der Waals surface area (Å²) < 4.78 is 199. The fraction of sp³-hybridized carbons (Fsp3) is 0.889. The summed E-state index contributed by atoms with van der Waals surface area (Å²) in [5.41, 5.74) is -1.14. The molecule has 0 amide bonds. The molecule has 3 nitrogen and oxygen atoms in total. The van der Waals surface area contributed by atoms with Gasteiger partial charge in [0, 0.05) is 23.3 Å². The fourth-order valence-corrected chi connectivity index (χ4v) is 0.856. The number of unbranched alkanes of at least 4 members (excludes halogenated alkanes) is 1. The molecule has 21 heavy (non-hydrogen) atoms. The third-order valence-corrected chi connectivity index (χ3v) is 1.82. The van der Waals surface area contributed by atoms with Crippen molar-refractivity contribution in [3.05, 3.63) is 12.1 Å². The van der Waals surface area contributed by atoms with Crippen LogP contribution < -0.4 is 5.72 Å². The van der Waals surface area contributed by atoms with Gasteiger partial charge in [-0.15, -0.1) is 0 Å². The van der Waals surface area contributed by atoms with Crippen LogP contribution in [0.3, 0.4) is 0 Å². The van der Waals surface area contributed by atoms with Crippen LogP contribution in [0.1, 0.15) is 115 Å². The van der Waals surface area contributed by atoms with Crippen LogP contribution in [-0.4, -0.2) is 28.9 Å². The second-order valence-corrected chi connectivity index (χ2v) is 3.42. The summed E-state index contributed by atoms with van der Waals surface area (Å²) in [4.78, 5) is 0. The van der Waals surface area contributed by atoms with Crippen LogP contribution in [0.2, 0.25) is 2.82 Å². The number of nitrogens with two attached hydrogens (primary N) is 1. The van der Waals surface area contributed by atoms with E-state index in [0.29, 0.717) is 6.42 Å². The average Bonchev–Trinajstić information content (AvgIpc) is 2.88. The van der Waals surface area contributed by atoms with Gasteiger partial charge in [-0.3, -0.25) is 0 Å². The molecule has 0 aromatic carbocycles. The number of aliphatic hydroxyl groups is 2. The molecule has 0 fully saturated rings. The maximum absolute atomic E-state index is 10.4. The SMILES string of the molecule is [2H]/C(=C(/[2H])[C@@]([2H])(O)[C@@]([2H])(N([2H])[2H])C([2H])([2H])O)C([2H])([2H])C([2H])([2H])C([2H])([2H])C([2H])([2H])C([2H])([2H])C([2H])([2H])C([2H])([2H])C([2H])([2H])C([2H])CCCC. The van der Waals surface area contributed by atoms with Crippen molar-refractivity contribution < 1.29 is 44.6 Å². The van der Waals surface area contributed by atoms with Crippen LogP contribution in [0.25, 0.3) is 0 Å². The van der Waals surface area contributed by atoms with Gasteiger partial charge >= 0.3 is 0 Å². The Balaban J connectivity index is 7.41. The standard InChI is InChI=1S/C18H37NO2/c1-2-3-4-5-6-7-8-9-10-11-12-13-14-15-18(21)17(19)16-20/h14-15,17-18,20-21H,2-13,16,19H2,1H3/b15-14+/t17-,18+/m0/s1/i5D,6D2,7D2,8D2,9D2,10D2,11D2,12D2,13D2,14D,15D,16D2,17D,18D/hD2/t5?,17-,18+. The van der Waals surface area contributed by atoms with Gasteiger partial charge in [-0.1, -0.05) is 82.9 Å². The molecule has 0 spiro atoms. The fourth-order valence-electron chi connectivity index (χ4n) is 0.856. The van der Waals surface area contributed by atoms with Crippen molar-refractivity contribution in [2.24, 2.45) is 5.72 Å². The van der Waals surface area contributed by atoms with E-state index in [-0.39, 0.29) is 12.8 Å². The summed E-state index contributed by atoms with van der Waals surface area (Å²) in [6, 6.07) is -9.02. The monoisotopic (exact) mass is 324 g/mol. The first-order chi connectivity index (χ1) is 19.7. The number of hydrogen-bond donors (Lipinski definition) is 3. The minimum Gasteiger partial charge on any atom is -0.395 e. The quantitative estimate of drug-likeness (QED) is 0.377. The Labute approximate surface area is 166 Å². The lowest BCUT2D eigenvalue weighted by molar-refractivity contribution is 0.144. The Hall–Kier alpha value is -0.380. The summed E-state index contributed by atoms with van der Waals surface area (Å²) in [5.74, 6) is 0. The lowest BCUT2D eigenvalue weighted by atomic mass is 10.0. The van der Waals surface area contributed by atoms with E-state index in [4.69, 9.17) is 34.4 Å². The molecule has 0 aliphatic heterocycles. The average molecular weight is 325 g/mol. The zero-order valence-corrected chi connectivity index (χ0v) is 11.5. The maximum Gasteiger partial charge on any atom is 0.119 e. The molecule has 0 aromatic heterocycles. The molecule has 126 valence electrons. The smallest absolute Gasteiger partial charge is 0.119 e. The van der Waals surface area contributed by atoms with E-state index in [1.54, 1.807) is 6.92 Å². The zero-order chi connectivity index (χ0) is 37.9. The highest BCUT2D eigenvalue weighted by Crippen LogP contribution is 2.12. The Kier molecular flexibility index (Phi) is 3.04. The van der Waals surface area contributed by atoms with Crippen LogP contribution in [0.5, 0.6) is 0 Å².